The van der Waals surface area contributed by atoms with Gasteiger partial charge in [0.1, 0.15) is 0 Å². The van der Waals surface area contributed by atoms with Crippen molar-refractivity contribution in [2.45, 2.75) is 12.7 Å². The van der Waals surface area contributed by atoms with E-state index in [1.54, 1.807) is 18.2 Å². The molecule has 0 spiro atoms. The van der Waals surface area contributed by atoms with E-state index in [4.69, 9.17) is 14.0 Å². The van der Waals surface area contributed by atoms with E-state index in [0.29, 0.717) is 23.7 Å². The molecule has 5 heteroatoms. The number of hydrogen-bond acceptors (Lipinski definition) is 3. The minimum absolute atomic E-state index is 0.0481. The van der Waals surface area contributed by atoms with Crippen molar-refractivity contribution in [1.29, 1.82) is 0 Å². The Morgan fingerprint density at radius 1 is 1.47 bits per heavy atom. The summed E-state index contributed by atoms with van der Waals surface area (Å²) in [6.45, 7) is 2.34. The summed E-state index contributed by atoms with van der Waals surface area (Å²) in [7, 11) is 1.54. The van der Waals surface area contributed by atoms with Gasteiger partial charge in [-0.3, -0.25) is 0 Å². The molecule has 1 N–H and O–H groups in total. The van der Waals surface area contributed by atoms with Crippen LogP contribution in [0.15, 0.2) is 18.2 Å². The molecular weight excluding hydrogens is 216 g/mol. The van der Waals surface area contributed by atoms with Crippen molar-refractivity contribution in [2.24, 2.45) is 0 Å². The van der Waals surface area contributed by atoms with Gasteiger partial charge in [0, 0.05) is 5.56 Å². The summed E-state index contributed by atoms with van der Waals surface area (Å²) in [6.07, 6.45) is 0. The van der Waals surface area contributed by atoms with Gasteiger partial charge in [-0.05, 0) is 13.0 Å². The van der Waals surface area contributed by atoms with Crippen molar-refractivity contribution >= 4 is 11.1 Å². The summed E-state index contributed by atoms with van der Waals surface area (Å²) < 4.78 is 30.1. The molecule has 0 saturated heterocycles. The Labute approximate surface area is 91.5 Å². The number of rotatable bonds is 5. The first-order valence-electron chi connectivity index (χ1n) is 4.55. The molecule has 1 unspecified atom stereocenters. The highest BCUT2D eigenvalue weighted by Gasteiger charge is 2.11. The smallest absolute Gasteiger partial charge is 0.165 e. The molecule has 1 aromatic rings. The zero-order valence-corrected chi connectivity index (χ0v) is 9.54. The molecule has 1 rings (SSSR count). The fourth-order valence-electron chi connectivity index (χ4n) is 1.28. The second-order valence-electron chi connectivity index (χ2n) is 2.85. The summed E-state index contributed by atoms with van der Waals surface area (Å²) in [5.74, 6) is 1.18. The molecule has 84 valence electrons. The maximum Gasteiger partial charge on any atom is 0.165 e. The van der Waals surface area contributed by atoms with Gasteiger partial charge in [-0.25, -0.2) is 4.21 Å². The highest BCUT2D eigenvalue weighted by Crippen LogP contribution is 2.31. The van der Waals surface area contributed by atoms with Crippen LogP contribution in [-0.2, 0) is 16.8 Å². The van der Waals surface area contributed by atoms with Gasteiger partial charge in [-0.2, -0.15) is 0 Å². The van der Waals surface area contributed by atoms with Crippen LogP contribution in [0.1, 0.15) is 12.5 Å². The third-order valence-electron chi connectivity index (χ3n) is 1.85. The normalized spacial score (nSPS) is 12.2. The van der Waals surface area contributed by atoms with Crippen LogP contribution in [0.25, 0.3) is 0 Å². The largest absolute Gasteiger partial charge is 0.493 e. The molecule has 0 aliphatic carbocycles. The number of ether oxygens (including phenoxy) is 2. The Morgan fingerprint density at radius 3 is 2.73 bits per heavy atom. The van der Waals surface area contributed by atoms with E-state index in [1.165, 1.54) is 7.11 Å². The van der Waals surface area contributed by atoms with Crippen molar-refractivity contribution in [3.05, 3.63) is 23.8 Å². The van der Waals surface area contributed by atoms with Gasteiger partial charge in [0.05, 0.1) is 19.5 Å². The van der Waals surface area contributed by atoms with Crippen molar-refractivity contribution in [1.82, 2.24) is 0 Å². The lowest BCUT2D eigenvalue weighted by Gasteiger charge is -2.12. The number of benzene rings is 1. The standard InChI is InChI=1S/C10H14O4S/c1-3-14-10-8(7-15(11)12)5-4-6-9(10)13-2/h4-6H,3,7H2,1-2H3,(H,11,12). The third-order valence-corrected chi connectivity index (χ3v) is 2.41. The van der Waals surface area contributed by atoms with Gasteiger partial charge in [-0.15, -0.1) is 0 Å². The van der Waals surface area contributed by atoms with Crippen LogP contribution in [-0.4, -0.2) is 22.5 Å². The Bertz CT molecular complexity index is 351. The van der Waals surface area contributed by atoms with Gasteiger partial charge < -0.3 is 14.0 Å². The van der Waals surface area contributed by atoms with Gasteiger partial charge in [0.15, 0.2) is 22.6 Å². The summed E-state index contributed by atoms with van der Waals surface area (Å²) in [6, 6.07) is 5.28. The van der Waals surface area contributed by atoms with Crippen LogP contribution < -0.4 is 9.47 Å². The summed E-state index contributed by atoms with van der Waals surface area (Å²) in [5, 5.41) is 0. The quantitative estimate of drug-likeness (QED) is 0.784. The maximum absolute atomic E-state index is 10.7. The molecule has 15 heavy (non-hydrogen) atoms. The van der Waals surface area contributed by atoms with Crippen molar-refractivity contribution < 1.29 is 18.2 Å². The molecule has 0 fully saturated rings. The van der Waals surface area contributed by atoms with Gasteiger partial charge in [-0.1, -0.05) is 12.1 Å². The number of para-hydroxylation sites is 1. The van der Waals surface area contributed by atoms with Crippen LogP contribution in [0.4, 0.5) is 0 Å². The molecule has 0 aliphatic heterocycles. The Hall–Kier alpha value is -1.07. The SMILES string of the molecule is CCOc1c(CS(=O)O)cccc1OC. The van der Waals surface area contributed by atoms with Crippen LogP contribution in [0.2, 0.25) is 0 Å². The highest BCUT2D eigenvalue weighted by molar-refractivity contribution is 7.78. The van der Waals surface area contributed by atoms with Gasteiger partial charge in [0.2, 0.25) is 0 Å². The topological polar surface area (TPSA) is 55.8 Å². The molecule has 0 radical (unpaired) electrons. The molecule has 0 saturated carbocycles. The predicted octanol–water partition coefficient (Wildman–Crippen LogP) is 1.82. The lowest BCUT2D eigenvalue weighted by Crippen LogP contribution is -2.01. The number of hydrogen-bond donors (Lipinski definition) is 1. The summed E-state index contributed by atoms with van der Waals surface area (Å²) >= 11 is -1.88. The summed E-state index contributed by atoms with van der Waals surface area (Å²) in [4.78, 5) is 0. The zero-order chi connectivity index (χ0) is 11.3. The molecule has 1 aromatic carbocycles. The Balaban J connectivity index is 3.06. The lowest BCUT2D eigenvalue weighted by molar-refractivity contribution is 0.308. The van der Waals surface area contributed by atoms with E-state index in [9.17, 15) is 4.21 Å². The minimum atomic E-state index is -1.88. The second kappa shape index (κ2) is 5.72. The maximum atomic E-state index is 10.7. The van der Waals surface area contributed by atoms with E-state index >= 15 is 0 Å². The van der Waals surface area contributed by atoms with E-state index < -0.39 is 11.1 Å². The molecule has 0 aliphatic rings. The first kappa shape index (κ1) is 12.0. The first-order chi connectivity index (χ1) is 7.19. The second-order valence-corrected chi connectivity index (χ2v) is 3.78. The van der Waals surface area contributed by atoms with Crippen LogP contribution in [0.5, 0.6) is 11.5 Å². The van der Waals surface area contributed by atoms with Crippen LogP contribution >= 0.6 is 0 Å². The minimum Gasteiger partial charge on any atom is -0.493 e. The Morgan fingerprint density at radius 2 is 2.20 bits per heavy atom. The summed E-state index contributed by atoms with van der Waals surface area (Å²) in [5.41, 5.74) is 0.678. The fraction of sp³-hybridized carbons (Fsp3) is 0.400. The molecule has 0 heterocycles. The van der Waals surface area contributed by atoms with Crippen LogP contribution in [0.3, 0.4) is 0 Å². The molecule has 0 amide bonds. The highest BCUT2D eigenvalue weighted by atomic mass is 32.2. The van der Waals surface area contributed by atoms with Crippen LogP contribution in [0, 0.1) is 0 Å². The van der Waals surface area contributed by atoms with Crippen molar-refractivity contribution in [2.75, 3.05) is 13.7 Å². The predicted molar refractivity (Wildman–Crippen MR) is 58.6 cm³/mol. The van der Waals surface area contributed by atoms with Crippen molar-refractivity contribution in [3.63, 3.8) is 0 Å². The van der Waals surface area contributed by atoms with E-state index in [2.05, 4.69) is 0 Å². The van der Waals surface area contributed by atoms with Crippen molar-refractivity contribution in [3.8, 4) is 11.5 Å². The first-order valence-corrected chi connectivity index (χ1v) is 5.82. The monoisotopic (exact) mass is 230 g/mol. The number of methoxy groups -OCH3 is 1. The lowest BCUT2D eigenvalue weighted by atomic mass is 10.2. The fourth-order valence-corrected chi connectivity index (χ4v) is 1.77. The average molecular weight is 230 g/mol. The van der Waals surface area contributed by atoms with E-state index in [1.807, 2.05) is 6.92 Å². The van der Waals surface area contributed by atoms with Gasteiger partial charge >= 0.3 is 0 Å². The molecular formula is C10H14O4S. The molecule has 0 aromatic heterocycles. The third kappa shape index (κ3) is 3.21. The van der Waals surface area contributed by atoms with E-state index in [-0.39, 0.29) is 5.75 Å². The average Bonchev–Trinajstić information content (AvgIpc) is 2.20. The molecule has 4 nitrogen and oxygen atoms in total. The van der Waals surface area contributed by atoms with Gasteiger partial charge in [0.25, 0.3) is 0 Å². The Kier molecular flexibility index (Phi) is 4.58. The zero-order valence-electron chi connectivity index (χ0n) is 8.73. The molecule has 1 atom stereocenters. The molecule has 0 bridgehead atoms. The van der Waals surface area contributed by atoms with E-state index in [0.717, 1.165) is 0 Å².